The normalized spacial score (nSPS) is 11.2. The lowest BCUT2D eigenvalue weighted by Gasteiger charge is -2.07. The number of hydrogen-bond acceptors (Lipinski definition) is 9. The second kappa shape index (κ2) is 8.24. The van der Waals surface area contributed by atoms with Crippen LogP contribution < -0.4 is 14.2 Å². The number of non-ortho nitro benzene ring substituents is 1. The lowest BCUT2D eigenvalue weighted by atomic mass is 10.2. The fourth-order valence-corrected chi connectivity index (χ4v) is 3.44. The summed E-state index contributed by atoms with van der Waals surface area (Å²) < 4.78 is 42.4. The Bertz CT molecular complexity index is 1140. The molecule has 29 heavy (non-hydrogen) atoms. The van der Waals surface area contributed by atoms with Crippen LogP contribution in [0.3, 0.4) is 0 Å². The van der Waals surface area contributed by atoms with Gasteiger partial charge in [-0.15, -0.1) is 0 Å². The van der Waals surface area contributed by atoms with Crippen molar-refractivity contribution in [3.05, 3.63) is 58.5 Å². The van der Waals surface area contributed by atoms with E-state index in [1.807, 2.05) is 0 Å². The van der Waals surface area contributed by atoms with E-state index in [-0.39, 0.29) is 28.8 Å². The molecule has 3 aromatic rings. The first-order valence-electron chi connectivity index (χ1n) is 8.13. The SMILES string of the molecule is COc1ccc(-c2noc(CNS(=O)(=O)c3cccc([N+](=O)[O-])c3)n2)cc1OC. The zero-order chi connectivity index (χ0) is 21.0. The van der Waals surface area contributed by atoms with Crippen LogP contribution in [0, 0.1) is 10.1 Å². The third-order valence-electron chi connectivity index (χ3n) is 3.86. The Morgan fingerprint density at radius 3 is 2.59 bits per heavy atom. The number of aromatic nitrogens is 2. The van der Waals surface area contributed by atoms with Crippen molar-refractivity contribution in [1.29, 1.82) is 0 Å². The highest BCUT2D eigenvalue weighted by Crippen LogP contribution is 2.31. The van der Waals surface area contributed by atoms with Gasteiger partial charge in [0.2, 0.25) is 21.7 Å². The zero-order valence-electron chi connectivity index (χ0n) is 15.4. The molecular weight excluding hydrogens is 404 g/mol. The van der Waals surface area contributed by atoms with Gasteiger partial charge < -0.3 is 14.0 Å². The Balaban J connectivity index is 1.75. The summed E-state index contributed by atoms with van der Waals surface area (Å²) >= 11 is 0. The Kier molecular flexibility index (Phi) is 5.75. The van der Waals surface area contributed by atoms with Crippen molar-refractivity contribution in [1.82, 2.24) is 14.9 Å². The van der Waals surface area contributed by atoms with Crippen LogP contribution in [0.1, 0.15) is 5.89 Å². The maximum absolute atomic E-state index is 12.4. The Hall–Kier alpha value is -3.51. The van der Waals surface area contributed by atoms with E-state index < -0.39 is 14.9 Å². The molecule has 11 nitrogen and oxygen atoms in total. The number of nitro benzene ring substituents is 1. The number of rotatable bonds is 8. The van der Waals surface area contributed by atoms with Gasteiger partial charge in [-0.25, -0.2) is 13.1 Å². The van der Waals surface area contributed by atoms with Crippen molar-refractivity contribution < 1.29 is 27.3 Å². The van der Waals surface area contributed by atoms with Crippen molar-refractivity contribution in [2.75, 3.05) is 14.2 Å². The largest absolute Gasteiger partial charge is 0.493 e. The molecule has 12 heteroatoms. The molecule has 0 atom stereocenters. The zero-order valence-corrected chi connectivity index (χ0v) is 16.2. The predicted molar refractivity (Wildman–Crippen MR) is 100.0 cm³/mol. The molecule has 3 rings (SSSR count). The summed E-state index contributed by atoms with van der Waals surface area (Å²) in [6.45, 7) is -0.286. The van der Waals surface area contributed by atoms with Gasteiger partial charge in [0.1, 0.15) is 0 Å². The van der Waals surface area contributed by atoms with E-state index in [2.05, 4.69) is 14.9 Å². The average molecular weight is 420 g/mol. The van der Waals surface area contributed by atoms with E-state index in [1.54, 1.807) is 18.2 Å². The molecular formula is C17H16N4O7S. The lowest BCUT2D eigenvalue weighted by molar-refractivity contribution is -0.385. The fourth-order valence-electron chi connectivity index (χ4n) is 2.42. The van der Waals surface area contributed by atoms with E-state index in [0.717, 1.165) is 6.07 Å². The highest BCUT2D eigenvalue weighted by atomic mass is 32.2. The van der Waals surface area contributed by atoms with Crippen LogP contribution >= 0.6 is 0 Å². The molecule has 0 fully saturated rings. The van der Waals surface area contributed by atoms with Crippen LogP contribution in [0.4, 0.5) is 5.69 Å². The van der Waals surface area contributed by atoms with E-state index in [4.69, 9.17) is 14.0 Å². The van der Waals surface area contributed by atoms with Crippen molar-refractivity contribution >= 4 is 15.7 Å². The van der Waals surface area contributed by atoms with E-state index in [1.165, 1.54) is 32.4 Å². The number of nitrogens with one attached hydrogen (secondary N) is 1. The van der Waals surface area contributed by atoms with E-state index in [0.29, 0.717) is 17.1 Å². The number of nitro groups is 1. The van der Waals surface area contributed by atoms with Gasteiger partial charge in [0.05, 0.1) is 30.6 Å². The summed E-state index contributed by atoms with van der Waals surface area (Å²) in [7, 11) is -1.00. The second-order valence-corrected chi connectivity index (χ2v) is 7.43. The van der Waals surface area contributed by atoms with Gasteiger partial charge in [0.25, 0.3) is 5.69 Å². The van der Waals surface area contributed by atoms with Crippen LogP contribution in [0.2, 0.25) is 0 Å². The Morgan fingerprint density at radius 2 is 1.90 bits per heavy atom. The molecule has 1 heterocycles. The van der Waals surface area contributed by atoms with Crippen molar-refractivity contribution in [3.63, 3.8) is 0 Å². The minimum Gasteiger partial charge on any atom is -0.493 e. The van der Waals surface area contributed by atoms with Gasteiger partial charge in [-0.3, -0.25) is 10.1 Å². The molecule has 0 aliphatic heterocycles. The number of methoxy groups -OCH3 is 2. The van der Waals surface area contributed by atoms with Crippen molar-refractivity contribution in [2.24, 2.45) is 0 Å². The molecule has 0 saturated carbocycles. The molecule has 0 amide bonds. The number of ether oxygens (including phenoxy) is 2. The minimum absolute atomic E-state index is 0.0174. The Labute approximate surface area is 165 Å². The maximum Gasteiger partial charge on any atom is 0.270 e. The van der Waals surface area contributed by atoms with Gasteiger partial charge >= 0.3 is 0 Å². The molecule has 0 aliphatic carbocycles. The van der Waals surface area contributed by atoms with Crippen LogP contribution in [-0.2, 0) is 16.6 Å². The van der Waals surface area contributed by atoms with Crippen LogP contribution in [-0.4, -0.2) is 37.7 Å². The third-order valence-corrected chi connectivity index (χ3v) is 5.26. The van der Waals surface area contributed by atoms with Gasteiger partial charge in [-0.2, -0.15) is 4.98 Å². The third kappa shape index (κ3) is 4.50. The quantitative estimate of drug-likeness (QED) is 0.427. The molecule has 2 aromatic carbocycles. The summed E-state index contributed by atoms with van der Waals surface area (Å²) in [4.78, 5) is 14.0. The summed E-state index contributed by atoms with van der Waals surface area (Å²) in [5.41, 5.74) is 0.251. The highest BCUT2D eigenvalue weighted by Gasteiger charge is 2.19. The standard InChI is InChI=1S/C17H16N4O7S/c1-26-14-7-6-11(8-15(14)27-2)17-19-16(28-20-17)10-18-29(24,25)13-5-3-4-12(9-13)21(22)23/h3-9,18H,10H2,1-2H3. The summed E-state index contributed by atoms with van der Waals surface area (Å²) in [6, 6.07) is 9.73. The van der Waals surface area contributed by atoms with Gasteiger partial charge in [0.15, 0.2) is 11.5 Å². The second-order valence-electron chi connectivity index (χ2n) is 5.66. The molecule has 0 saturated heterocycles. The number of hydrogen-bond donors (Lipinski definition) is 1. The molecule has 0 aliphatic rings. The number of benzene rings is 2. The topological polar surface area (TPSA) is 147 Å². The molecule has 1 N–H and O–H groups in total. The first-order chi connectivity index (χ1) is 13.8. The average Bonchev–Trinajstić information content (AvgIpc) is 3.21. The van der Waals surface area contributed by atoms with Crippen LogP contribution in [0.25, 0.3) is 11.4 Å². The molecule has 152 valence electrons. The van der Waals surface area contributed by atoms with Gasteiger partial charge in [-0.05, 0) is 24.3 Å². The van der Waals surface area contributed by atoms with E-state index in [9.17, 15) is 18.5 Å². The fraction of sp³-hybridized carbons (Fsp3) is 0.176. The first kappa shape index (κ1) is 20.2. The van der Waals surface area contributed by atoms with Crippen LogP contribution in [0.5, 0.6) is 11.5 Å². The molecule has 0 bridgehead atoms. The summed E-state index contributed by atoms with van der Waals surface area (Å²) in [5, 5.41) is 14.6. The summed E-state index contributed by atoms with van der Waals surface area (Å²) in [6.07, 6.45) is 0. The smallest absolute Gasteiger partial charge is 0.270 e. The maximum atomic E-state index is 12.4. The van der Waals surface area contributed by atoms with Crippen LogP contribution in [0.15, 0.2) is 51.9 Å². The highest BCUT2D eigenvalue weighted by molar-refractivity contribution is 7.89. The van der Waals surface area contributed by atoms with Gasteiger partial charge in [0, 0.05) is 17.7 Å². The van der Waals surface area contributed by atoms with E-state index >= 15 is 0 Å². The number of sulfonamides is 1. The number of nitrogens with zero attached hydrogens (tertiary/aromatic N) is 3. The lowest BCUT2D eigenvalue weighted by Crippen LogP contribution is -2.23. The molecule has 0 radical (unpaired) electrons. The molecule has 0 spiro atoms. The molecule has 0 unspecified atom stereocenters. The minimum atomic E-state index is -4.01. The van der Waals surface area contributed by atoms with Gasteiger partial charge in [-0.1, -0.05) is 11.2 Å². The predicted octanol–water partition coefficient (Wildman–Crippen LogP) is 2.14. The monoisotopic (exact) mass is 420 g/mol. The van der Waals surface area contributed by atoms with Crippen molar-refractivity contribution in [2.45, 2.75) is 11.4 Å². The first-order valence-corrected chi connectivity index (χ1v) is 9.61. The van der Waals surface area contributed by atoms with Crippen molar-refractivity contribution in [3.8, 4) is 22.9 Å². The molecule has 1 aromatic heterocycles. The Morgan fingerprint density at radius 1 is 1.14 bits per heavy atom. The summed E-state index contributed by atoms with van der Waals surface area (Å²) in [5.74, 6) is 1.26.